The molecule has 28 heavy (non-hydrogen) atoms. The van der Waals surface area contributed by atoms with Gasteiger partial charge in [0.25, 0.3) is 5.91 Å². The zero-order chi connectivity index (χ0) is 19.9. The molecule has 1 aliphatic rings. The molecule has 1 atom stereocenters. The first-order valence-electron chi connectivity index (χ1n) is 8.79. The Morgan fingerprint density at radius 1 is 1.14 bits per heavy atom. The van der Waals surface area contributed by atoms with Crippen molar-refractivity contribution in [3.63, 3.8) is 0 Å². The lowest BCUT2D eigenvalue weighted by Crippen LogP contribution is -2.30. The van der Waals surface area contributed by atoms with Gasteiger partial charge in [-0.05, 0) is 43.3 Å². The van der Waals surface area contributed by atoms with Crippen molar-refractivity contribution in [1.82, 2.24) is 0 Å². The van der Waals surface area contributed by atoms with E-state index in [4.69, 9.17) is 14.2 Å². The average Bonchev–Trinajstić information content (AvgIpc) is 2.69. The van der Waals surface area contributed by atoms with Crippen molar-refractivity contribution >= 4 is 29.3 Å². The second-order valence-electron chi connectivity index (χ2n) is 6.03. The van der Waals surface area contributed by atoms with Crippen molar-refractivity contribution < 1.29 is 28.2 Å². The number of esters is 1. The summed E-state index contributed by atoms with van der Waals surface area (Å²) in [5.74, 6) is 0.451. The molecule has 0 bridgehead atoms. The minimum Gasteiger partial charge on any atom is -0.486 e. The van der Waals surface area contributed by atoms with Gasteiger partial charge in [-0.3, -0.25) is 9.59 Å². The van der Waals surface area contributed by atoms with Crippen molar-refractivity contribution in [1.29, 1.82) is 0 Å². The first-order chi connectivity index (χ1) is 13.5. The number of benzene rings is 2. The number of amides is 1. The maximum Gasteiger partial charge on any atom is 0.307 e. The van der Waals surface area contributed by atoms with Gasteiger partial charge in [-0.15, -0.1) is 11.8 Å². The minimum absolute atomic E-state index is 0.143. The van der Waals surface area contributed by atoms with Crippen molar-refractivity contribution in [2.75, 3.05) is 24.3 Å². The van der Waals surface area contributed by atoms with Gasteiger partial charge in [0.2, 0.25) is 0 Å². The maximum absolute atomic E-state index is 12.9. The molecule has 0 radical (unpaired) electrons. The van der Waals surface area contributed by atoms with Crippen LogP contribution in [-0.2, 0) is 14.3 Å². The summed E-state index contributed by atoms with van der Waals surface area (Å²) >= 11 is 1.41. The Hall–Kier alpha value is -2.74. The molecule has 148 valence electrons. The van der Waals surface area contributed by atoms with E-state index in [9.17, 15) is 14.0 Å². The molecule has 1 amide bonds. The minimum atomic E-state index is -0.934. The number of halogens is 1. The van der Waals surface area contributed by atoms with Gasteiger partial charge in [0.15, 0.2) is 17.6 Å². The number of fused-ring (bicyclic) bond motifs is 1. The van der Waals surface area contributed by atoms with Gasteiger partial charge in [-0.2, -0.15) is 0 Å². The molecular weight excluding hydrogens is 385 g/mol. The average molecular weight is 405 g/mol. The number of ether oxygens (including phenoxy) is 3. The van der Waals surface area contributed by atoms with Crippen LogP contribution in [0.3, 0.4) is 0 Å². The van der Waals surface area contributed by atoms with Gasteiger partial charge in [-0.25, -0.2) is 4.39 Å². The third kappa shape index (κ3) is 5.63. The molecule has 1 aliphatic heterocycles. The molecule has 6 nitrogen and oxygen atoms in total. The Balaban J connectivity index is 1.43. The van der Waals surface area contributed by atoms with Crippen LogP contribution in [0.15, 0.2) is 47.4 Å². The monoisotopic (exact) mass is 405 g/mol. The van der Waals surface area contributed by atoms with Crippen LogP contribution in [0, 0.1) is 5.82 Å². The highest BCUT2D eigenvalue weighted by atomic mass is 32.2. The highest BCUT2D eigenvalue weighted by molar-refractivity contribution is 7.99. The predicted octanol–water partition coefficient (Wildman–Crippen LogP) is 3.65. The Morgan fingerprint density at radius 2 is 1.86 bits per heavy atom. The predicted molar refractivity (Wildman–Crippen MR) is 103 cm³/mol. The molecule has 0 aromatic heterocycles. The number of carbonyl (C=O) groups excluding carboxylic acids is 2. The first-order valence-corrected chi connectivity index (χ1v) is 9.78. The van der Waals surface area contributed by atoms with Crippen molar-refractivity contribution in [3.05, 3.63) is 48.3 Å². The summed E-state index contributed by atoms with van der Waals surface area (Å²) in [6.45, 7) is 2.46. The fourth-order valence-corrected chi connectivity index (χ4v) is 3.29. The summed E-state index contributed by atoms with van der Waals surface area (Å²) < 4.78 is 28.9. The molecule has 0 unspecified atom stereocenters. The molecule has 0 saturated heterocycles. The van der Waals surface area contributed by atoms with Crippen LogP contribution in [0.25, 0.3) is 0 Å². The fourth-order valence-electron chi connectivity index (χ4n) is 2.46. The van der Waals surface area contributed by atoms with Gasteiger partial charge >= 0.3 is 5.97 Å². The lowest BCUT2D eigenvalue weighted by molar-refractivity contribution is -0.152. The molecule has 8 heteroatoms. The number of carbonyl (C=O) groups is 2. The molecular formula is C20H20FNO5S. The van der Waals surface area contributed by atoms with Crippen LogP contribution in [0.1, 0.15) is 13.3 Å². The van der Waals surface area contributed by atoms with Crippen LogP contribution < -0.4 is 14.8 Å². The third-order valence-corrected chi connectivity index (χ3v) is 4.89. The molecule has 2 aromatic rings. The van der Waals surface area contributed by atoms with Gasteiger partial charge in [0.1, 0.15) is 19.0 Å². The fraction of sp³-hybridized carbons (Fsp3) is 0.300. The standard InChI is InChI=1S/C20H20FNO5S/c1-13(27-19(23)8-11-28-16-5-2-14(21)3-6-16)20(24)22-15-4-7-17-18(12-15)26-10-9-25-17/h2-7,12-13H,8-11H2,1H3,(H,22,24)/t13-/m0/s1. The van der Waals surface area contributed by atoms with Crippen LogP contribution in [0.2, 0.25) is 0 Å². The second-order valence-corrected chi connectivity index (χ2v) is 7.20. The Labute approximate surface area is 166 Å². The Kier molecular flexibility index (Phi) is 6.76. The van der Waals surface area contributed by atoms with E-state index in [-0.39, 0.29) is 12.2 Å². The van der Waals surface area contributed by atoms with E-state index in [0.29, 0.717) is 36.2 Å². The van der Waals surface area contributed by atoms with Crippen LogP contribution in [0.5, 0.6) is 11.5 Å². The zero-order valence-electron chi connectivity index (χ0n) is 15.3. The second kappa shape index (κ2) is 9.45. The van der Waals surface area contributed by atoms with Gasteiger partial charge in [0, 0.05) is 22.4 Å². The quantitative estimate of drug-likeness (QED) is 0.560. The SMILES string of the molecule is C[C@H](OC(=O)CCSc1ccc(F)cc1)C(=O)Nc1ccc2c(c1)OCCO2. The van der Waals surface area contributed by atoms with E-state index in [1.165, 1.54) is 30.8 Å². The largest absolute Gasteiger partial charge is 0.486 e. The Morgan fingerprint density at radius 3 is 2.61 bits per heavy atom. The van der Waals surface area contributed by atoms with Gasteiger partial charge in [0.05, 0.1) is 6.42 Å². The van der Waals surface area contributed by atoms with Crippen molar-refractivity contribution in [2.24, 2.45) is 0 Å². The molecule has 0 fully saturated rings. The number of hydrogen-bond donors (Lipinski definition) is 1. The normalized spacial score (nSPS) is 13.5. The summed E-state index contributed by atoms with van der Waals surface area (Å²) in [5.41, 5.74) is 0.531. The topological polar surface area (TPSA) is 73.9 Å². The molecule has 0 aliphatic carbocycles. The molecule has 2 aromatic carbocycles. The zero-order valence-corrected chi connectivity index (χ0v) is 16.1. The maximum atomic E-state index is 12.9. The smallest absolute Gasteiger partial charge is 0.307 e. The van der Waals surface area contributed by atoms with Gasteiger partial charge in [-0.1, -0.05) is 0 Å². The number of anilines is 1. The summed E-state index contributed by atoms with van der Waals surface area (Å²) in [6, 6.07) is 11.1. The lowest BCUT2D eigenvalue weighted by Gasteiger charge is -2.19. The summed E-state index contributed by atoms with van der Waals surface area (Å²) in [5, 5.41) is 2.69. The van der Waals surface area contributed by atoms with E-state index >= 15 is 0 Å². The number of rotatable bonds is 7. The first kappa shape index (κ1) is 20.0. The summed E-state index contributed by atoms with van der Waals surface area (Å²) in [6.07, 6.45) is -0.791. The summed E-state index contributed by atoms with van der Waals surface area (Å²) in [7, 11) is 0. The number of thioether (sulfide) groups is 1. The van der Waals surface area contributed by atoms with E-state index in [1.54, 1.807) is 30.3 Å². The van der Waals surface area contributed by atoms with Crippen LogP contribution in [-0.4, -0.2) is 36.9 Å². The molecule has 1 N–H and O–H groups in total. The van der Waals surface area contributed by atoms with Crippen molar-refractivity contribution in [3.8, 4) is 11.5 Å². The highest BCUT2D eigenvalue weighted by Gasteiger charge is 2.19. The molecule has 0 spiro atoms. The lowest BCUT2D eigenvalue weighted by atomic mass is 10.2. The third-order valence-electron chi connectivity index (χ3n) is 3.88. The van der Waals surface area contributed by atoms with Crippen LogP contribution in [0.4, 0.5) is 10.1 Å². The van der Waals surface area contributed by atoms with E-state index in [0.717, 1.165) is 4.90 Å². The van der Waals surface area contributed by atoms with Crippen LogP contribution >= 0.6 is 11.8 Å². The molecule has 1 heterocycles. The number of nitrogens with one attached hydrogen (secondary N) is 1. The van der Waals surface area contributed by atoms with Crippen molar-refractivity contribution in [2.45, 2.75) is 24.3 Å². The Bertz CT molecular complexity index is 843. The van der Waals surface area contributed by atoms with Gasteiger partial charge < -0.3 is 19.5 Å². The van der Waals surface area contributed by atoms with E-state index in [1.807, 2.05) is 0 Å². The van der Waals surface area contributed by atoms with E-state index in [2.05, 4.69) is 5.32 Å². The summed E-state index contributed by atoms with van der Waals surface area (Å²) in [4.78, 5) is 25.0. The highest BCUT2D eigenvalue weighted by Crippen LogP contribution is 2.32. The molecule has 0 saturated carbocycles. The van der Waals surface area contributed by atoms with E-state index < -0.39 is 18.0 Å². The number of hydrogen-bond acceptors (Lipinski definition) is 6. The molecule has 3 rings (SSSR count).